The normalized spacial score (nSPS) is 16.2. The van der Waals surface area contributed by atoms with Gasteiger partial charge in [-0.15, -0.1) is 0 Å². The van der Waals surface area contributed by atoms with Gasteiger partial charge in [-0.1, -0.05) is 36.4 Å². The Bertz CT molecular complexity index is 744. The molecule has 1 atom stereocenters. The van der Waals surface area contributed by atoms with Gasteiger partial charge in [0.05, 0.1) is 0 Å². The van der Waals surface area contributed by atoms with Crippen LogP contribution in [0.4, 0.5) is 0 Å². The highest BCUT2D eigenvalue weighted by atomic mass is 35.5. The summed E-state index contributed by atoms with van der Waals surface area (Å²) in [5.41, 5.74) is 0. The van der Waals surface area contributed by atoms with Crippen molar-refractivity contribution in [2.45, 2.75) is 25.0 Å². The maximum absolute atomic E-state index is 12.0. The number of rotatable bonds is 11. The smallest absolute Gasteiger partial charge is 0.258 e. The second-order valence-corrected chi connectivity index (χ2v) is 8.02. The molecular formula is C22H28Cl2N2O4. The van der Waals surface area contributed by atoms with Crippen LogP contribution in [0.15, 0.2) is 60.4 Å². The molecule has 1 fully saturated rings. The van der Waals surface area contributed by atoms with Crippen molar-refractivity contribution in [2.75, 3.05) is 32.8 Å². The highest BCUT2D eigenvalue weighted by Gasteiger charge is 2.22. The van der Waals surface area contributed by atoms with Crippen LogP contribution in [0.2, 0.25) is 5.02 Å². The minimum absolute atomic E-state index is 0.0891. The van der Waals surface area contributed by atoms with E-state index in [0.29, 0.717) is 28.1 Å². The fourth-order valence-electron chi connectivity index (χ4n) is 2.99. The van der Waals surface area contributed by atoms with Crippen LogP contribution in [0.3, 0.4) is 0 Å². The average molecular weight is 455 g/mol. The molecular weight excluding hydrogens is 427 g/mol. The molecule has 0 bridgehead atoms. The second-order valence-electron chi connectivity index (χ2n) is 7.10. The van der Waals surface area contributed by atoms with Crippen molar-refractivity contribution >= 4 is 29.1 Å². The number of likely N-dealkylation sites (tertiary alicyclic amines) is 1. The van der Waals surface area contributed by atoms with Gasteiger partial charge in [0.1, 0.15) is 24.2 Å². The third-order valence-electron chi connectivity index (χ3n) is 4.52. The maximum Gasteiger partial charge on any atom is 0.258 e. The van der Waals surface area contributed by atoms with Crippen molar-refractivity contribution in [2.24, 2.45) is 0 Å². The Morgan fingerprint density at radius 2 is 1.93 bits per heavy atom. The van der Waals surface area contributed by atoms with Crippen molar-refractivity contribution in [3.05, 3.63) is 65.4 Å². The Kier molecular flexibility index (Phi) is 10.2. The summed E-state index contributed by atoms with van der Waals surface area (Å²) >= 11 is 11.5. The van der Waals surface area contributed by atoms with E-state index in [4.69, 9.17) is 32.7 Å². The van der Waals surface area contributed by atoms with Crippen molar-refractivity contribution in [1.29, 1.82) is 0 Å². The number of hydrogen-bond donors (Lipinski definition) is 2. The minimum Gasteiger partial charge on any atom is -0.491 e. The lowest BCUT2D eigenvalue weighted by atomic mass is 10.0. The second kappa shape index (κ2) is 12.6. The number of allylic oxidation sites excluding steroid dienone is 3. The zero-order chi connectivity index (χ0) is 21.9. The Morgan fingerprint density at radius 3 is 2.57 bits per heavy atom. The zero-order valence-corrected chi connectivity index (χ0v) is 18.4. The van der Waals surface area contributed by atoms with Crippen molar-refractivity contribution in [3.8, 4) is 5.75 Å². The number of β-amino-alcohol motifs (C(OH)–C–C–N with tert-alkyl or cyclic N) is 1. The van der Waals surface area contributed by atoms with Crippen LogP contribution < -0.4 is 10.1 Å². The van der Waals surface area contributed by atoms with Gasteiger partial charge in [0.2, 0.25) is 0 Å². The Morgan fingerprint density at radius 1 is 1.27 bits per heavy atom. The number of aliphatic hydroxyl groups is 1. The molecule has 1 heterocycles. The summed E-state index contributed by atoms with van der Waals surface area (Å²) in [5, 5.41) is 14.2. The van der Waals surface area contributed by atoms with E-state index in [0.717, 1.165) is 25.9 Å². The molecule has 0 spiro atoms. The summed E-state index contributed by atoms with van der Waals surface area (Å²) in [6.45, 7) is 9.42. The average Bonchev–Trinajstić information content (AvgIpc) is 2.72. The molecule has 1 aromatic rings. The van der Waals surface area contributed by atoms with Gasteiger partial charge in [0.25, 0.3) is 5.91 Å². The van der Waals surface area contributed by atoms with E-state index in [1.165, 1.54) is 0 Å². The third kappa shape index (κ3) is 9.67. The van der Waals surface area contributed by atoms with Gasteiger partial charge in [-0.25, -0.2) is 0 Å². The topological polar surface area (TPSA) is 71.0 Å². The van der Waals surface area contributed by atoms with E-state index >= 15 is 0 Å². The highest BCUT2D eigenvalue weighted by molar-refractivity contribution is 6.31. The molecule has 0 aliphatic carbocycles. The molecule has 1 amide bonds. The Balaban J connectivity index is 1.60. The fraction of sp³-hybridized carbons (Fsp3) is 0.409. The summed E-state index contributed by atoms with van der Waals surface area (Å²) in [6, 6.07) is 7.12. The number of halogens is 2. The molecule has 1 aromatic carbocycles. The number of nitrogens with one attached hydrogen (secondary N) is 1. The number of nitrogens with zero attached hydrogens (tertiary/aromatic N) is 1. The van der Waals surface area contributed by atoms with Crippen LogP contribution in [-0.4, -0.2) is 60.9 Å². The molecule has 2 N–H and O–H groups in total. The predicted octanol–water partition coefficient (Wildman–Crippen LogP) is 3.50. The molecule has 0 radical (unpaired) electrons. The van der Waals surface area contributed by atoms with E-state index < -0.39 is 6.10 Å². The first-order chi connectivity index (χ1) is 14.3. The van der Waals surface area contributed by atoms with Crippen molar-refractivity contribution in [1.82, 2.24) is 10.2 Å². The van der Waals surface area contributed by atoms with Crippen LogP contribution in [0.1, 0.15) is 12.8 Å². The molecule has 1 saturated heterocycles. The molecule has 0 aromatic heterocycles. The number of aliphatic hydroxyl groups excluding tert-OH is 1. The van der Waals surface area contributed by atoms with Crippen molar-refractivity contribution < 1.29 is 19.4 Å². The lowest BCUT2D eigenvalue weighted by Gasteiger charge is -2.33. The first-order valence-electron chi connectivity index (χ1n) is 9.74. The zero-order valence-electron chi connectivity index (χ0n) is 16.9. The lowest BCUT2D eigenvalue weighted by molar-refractivity contribution is -0.125. The lowest BCUT2D eigenvalue weighted by Crippen LogP contribution is -2.47. The van der Waals surface area contributed by atoms with Gasteiger partial charge in [0.15, 0.2) is 6.61 Å². The van der Waals surface area contributed by atoms with Crippen LogP contribution in [-0.2, 0) is 9.53 Å². The van der Waals surface area contributed by atoms with E-state index in [2.05, 4.69) is 23.4 Å². The summed E-state index contributed by atoms with van der Waals surface area (Å²) in [6.07, 6.45) is 4.13. The van der Waals surface area contributed by atoms with E-state index in [-0.39, 0.29) is 25.2 Å². The van der Waals surface area contributed by atoms with Gasteiger partial charge in [-0.3, -0.25) is 4.79 Å². The molecule has 1 aliphatic heterocycles. The van der Waals surface area contributed by atoms with Gasteiger partial charge in [-0.05, 0) is 49.3 Å². The van der Waals surface area contributed by atoms with Crippen LogP contribution in [0.25, 0.3) is 0 Å². The molecule has 164 valence electrons. The summed E-state index contributed by atoms with van der Waals surface area (Å²) in [4.78, 5) is 14.2. The number of carbonyl (C=O) groups excluding carboxylic acids is 1. The first-order valence-corrected chi connectivity index (χ1v) is 10.5. The molecule has 1 unspecified atom stereocenters. The van der Waals surface area contributed by atoms with Gasteiger partial charge < -0.3 is 24.8 Å². The van der Waals surface area contributed by atoms with Crippen LogP contribution in [0, 0.1) is 0 Å². The van der Waals surface area contributed by atoms with Gasteiger partial charge >= 0.3 is 0 Å². The van der Waals surface area contributed by atoms with Crippen LogP contribution >= 0.6 is 23.2 Å². The Labute approximate surface area is 187 Å². The summed E-state index contributed by atoms with van der Waals surface area (Å²) in [5.74, 6) is 0.827. The predicted molar refractivity (Wildman–Crippen MR) is 120 cm³/mol. The molecule has 2 rings (SSSR count). The Hall–Kier alpha value is -1.99. The fourth-order valence-corrected chi connectivity index (χ4v) is 3.18. The van der Waals surface area contributed by atoms with Crippen LogP contribution in [0.5, 0.6) is 5.75 Å². The number of hydrogen-bond acceptors (Lipinski definition) is 5. The summed E-state index contributed by atoms with van der Waals surface area (Å²) in [7, 11) is 0. The van der Waals surface area contributed by atoms with E-state index in [9.17, 15) is 9.90 Å². The number of ether oxygens (including phenoxy) is 2. The molecule has 30 heavy (non-hydrogen) atoms. The molecule has 0 saturated carbocycles. The van der Waals surface area contributed by atoms with E-state index in [1.807, 2.05) is 0 Å². The number of piperidine rings is 1. The standard InChI is InChI=1S/C22H28Cl2N2O4/c1-16(23)3-4-17(2)29-15-22(28)25-19-9-11-26(12-10-19)13-20(27)14-30-21-7-5-18(24)6-8-21/h3-8,19-20,27H,1-2,9-15H2,(H,25,28)/b4-3-. The molecule has 1 aliphatic rings. The van der Waals surface area contributed by atoms with Gasteiger partial charge in [0, 0.05) is 35.7 Å². The van der Waals surface area contributed by atoms with E-state index in [1.54, 1.807) is 36.4 Å². The van der Waals surface area contributed by atoms with Crippen molar-refractivity contribution in [3.63, 3.8) is 0 Å². The summed E-state index contributed by atoms with van der Waals surface area (Å²) < 4.78 is 10.9. The quantitative estimate of drug-likeness (QED) is 0.395. The number of benzene rings is 1. The maximum atomic E-state index is 12.0. The number of amides is 1. The molecule has 8 heteroatoms. The first kappa shape index (κ1) is 24.3. The number of carbonyl (C=O) groups is 1. The largest absolute Gasteiger partial charge is 0.491 e. The minimum atomic E-state index is -0.594. The monoisotopic (exact) mass is 454 g/mol. The highest BCUT2D eigenvalue weighted by Crippen LogP contribution is 2.16. The SMILES string of the molecule is C=C(Cl)/C=C\C(=C)OCC(=O)NC1CCN(CC(O)COc2ccc(Cl)cc2)CC1. The third-order valence-corrected chi connectivity index (χ3v) is 4.89. The van der Waals surface area contributed by atoms with Gasteiger partial charge in [-0.2, -0.15) is 0 Å². The molecule has 6 nitrogen and oxygen atoms in total.